The topological polar surface area (TPSA) is 98.8 Å². The van der Waals surface area contributed by atoms with E-state index < -0.39 is 18.7 Å². The van der Waals surface area contributed by atoms with Gasteiger partial charge in [0, 0.05) is 18.0 Å². The Balaban J connectivity index is 1.49. The van der Waals surface area contributed by atoms with Crippen molar-refractivity contribution in [3.8, 4) is 5.88 Å². The summed E-state index contributed by atoms with van der Waals surface area (Å²) in [4.78, 5) is 20.1. The van der Waals surface area contributed by atoms with Crippen LogP contribution < -0.4 is 15.8 Å². The third-order valence-corrected chi connectivity index (χ3v) is 4.09. The number of halogens is 3. The summed E-state index contributed by atoms with van der Waals surface area (Å²) in [5.41, 5.74) is 7.34. The molecule has 0 unspecified atom stereocenters. The van der Waals surface area contributed by atoms with Gasteiger partial charge in [-0.3, -0.25) is 4.79 Å². The number of pyridine rings is 1. The highest BCUT2D eigenvalue weighted by Gasteiger charge is 2.28. The minimum atomic E-state index is -4.45. The van der Waals surface area contributed by atoms with E-state index >= 15 is 0 Å². The minimum absolute atomic E-state index is 0.0602. The van der Waals surface area contributed by atoms with Crippen molar-refractivity contribution in [2.45, 2.75) is 25.1 Å². The second-order valence-corrected chi connectivity index (χ2v) is 6.41. The van der Waals surface area contributed by atoms with Crippen LogP contribution in [-0.4, -0.2) is 42.3 Å². The third kappa shape index (κ3) is 6.37. The lowest BCUT2D eigenvalue weighted by Gasteiger charge is -2.09. The molecule has 0 saturated carbocycles. The molecule has 2 heterocycles. The first-order chi connectivity index (χ1) is 13.8. The number of aryl methyl sites for hydroxylation is 1. The summed E-state index contributed by atoms with van der Waals surface area (Å²) in [7, 11) is 0. The molecule has 1 aromatic heterocycles. The number of alkyl halides is 3. The fraction of sp³-hybridized carbons (Fsp3) is 0.316. The SMILES string of the molecule is NC1=N[C@@H](CCc2ccc(NC(=O)c3ccc(OCC(F)(F)F)nc3)cc2)CO1. The molecule has 2 aromatic rings. The van der Waals surface area contributed by atoms with E-state index in [1.54, 1.807) is 12.1 Å². The van der Waals surface area contributed by atoms with Crippen molar-refractivity contribution in [3.63, 3.8) is 0 Å². The van der Waals surface area contributed by atoms with E-state index in [4.69, 9.17) is 10.5 Å². The van der Waals surface area contributed by atoms with E-state index in [0.717, 1.165) is 24.6 Å². The van der Waals surface area contributed by atoms with Crippen LogP contribution in [0.1, 0.15) is 22.3 Å². The number of rotatable bonds is 7. The largest absolute Gasteiger partial charge is 0.468 e. The van der Waals surface area contributed by atoms with Gasteiger partial charge in [-0.15, -0.1) is 0 Å². The van der Waals surface area contributed by atoms with Gasteiger partial charge in [-0.2, -0.15) is 13.2 Å². The van der Waals surface area contributed by atoms with Gasteiger partial charge in [-0.1, -0.05) is 12.1 Å². The molecular weight excluding hydrogens is 389 g/mol. The Morgan fingerprint density at radius 2 is 2.00 bits per heavy atom. The quantitative estimate of drug-likeness (QED) is 0.734. The van der Waals surface area contributed by atoms with Crippen LogP contribution in [0.25, 0.3) is 0 Å². The van der Waals surface area contributed by atoms with Crippen LogP contribution in [-0.2, 0) is 11.2 Å². The maximum Gasteiger partial charge on any atom is 0.422 e. The normalized spacial score (nSPS) is 16.1. The van der Waals surface area contributed by atoms with E-state index in [1.807, 2.05) is 12.1 Å². The van der Waals surface area contributed by atoms with Crippen molar-refractivity contribution in [1.29, 1.82) is 0 Å². The molecular formula is C19H19F3N4O3. The van der Waals surface area contributed by atoms with Crippen molar-refractivity contribution in [3.05, 3.63) is 53.7 Å². The number of aliphatic imine (C=N–C) groups is 1. The molecule has 1 atom stereocenters. The summed E-state index contributed by atoms with van der Waals surface area (Å²) in [6, 6.07) is 10.2. The zero-order chi connectivity index (χ0) is 20.9. The lowest BCUT2D eigenvalue weighted by Crippen LogP contribution is -2.19. The molecule has 0 bridgehead atoms. The summed E-state index contributed by atoms with van der Waals surface area (Å²) in [6.45, 7) is -0.945. The first-order valence-corrected chi connectivity index (χ1v) is 8.80. The van der Waals surface area contributed by atoms with Crippen molar-refractivity contribution < 1.29 is 27.4 Å². The number of carbonyl (C=O) groups excluding carboxylic acids is 1. The van der Waals surface area contributed by atoms with Crippen LogP contribution in [0.15, 0.2) is 47.6 Å². The average molecular weight is 408 g/mol. The Hall–Kier alpha value is -3.30. The molecule has 1 aliphatic rings. The number of nitrogens with one attached hydrogen (secondary N) is 1. The lowest BCUT2D eigenvalue weighted by molar-refractivity contribution is -0.154. The van der Waals surface area contributed by atoms with Crippen LogP contribution in [0.3, 0.4) is 0 Å². The Kier molecular flexibility index (Phi) is 6.20. The molecule has 29 heavy (non-hydrogen) atoms. The van der Waals surface area contributed by atoms with Crippen LogP contribution in [0, 0.1) is 0 Å². The lowest BCUT2D eigenvalue weighted by atomic mass is 10.1. The number of anilines is 1. The molecule has 0 fully saturated rings. The molecule has 7 nitrogen and oxygen atoms in total. The number of aromatic nitrogens is 1. The number of nitrogens with two attached hydrogens (primary N) is 1. The predicted molar refractivity (Wildman–Crippen MR) is 99.9 cm³/mol. The molecule has 0 spiro atoms. The molecule has 0 saturated heterocycles. The second kappa shape index (κ2) is 8.80. The number of hydrogen-bond donors (Lipinski definition) is 2. The summed E-state index contributed by atoms with van der Waals surface area (Å²) in [6.07, 6.45) is -1.69. The van der Waals surface area contributed by atoms with Gasteiger partial charge >= 0.3 is 6.18 Å². The first kappa shape index (κ1) is 20.4. The monoisotopic (exact) mass is 408 g/mol. The number of hydrogen-bond acceptors (Lipinski definition) is 6. The number of ether oxygens (including phenoxy) is 2. The van der Waals surface area contributed by atoms with E-state index in [1.165, 1.54) is 12.1 Å². The van der Waals surface area contributed by atoms with Crippen molar-refractivity contribution in [2.24, 2.45) is 10.7 Å². The molecule has 1 amide bonds. The summed E-state index contributed by atoms with van der Waals surface area (Å²) >= 11 is 0. The predicted octanol–water partition coefficient (Wildman–Crippen LogP) is 2.92. The van der Waals surface area contributed by atoms with E-state index in [-0.39, 0.29) is 23.5 Å². The summed E-state index contributed by atoms with van der Waals surface area (Å²) in [5.74, 6) is -0.637. The zero-order valence-electron chi connectivity index (χ0n) is 15.3. The van der Waals surface area contributed by atoms with Gasteiger partial charge in [0.15, 0.2) is 6.61 Å². The van der Waals surface area contributed by atoms with Crippen molar-refractivity contribution in [2.75, 3.05) is 18.5 Å². The fourth-order valence-electron chi connectivity index (χ4n) is 2.63. The van der Waals surface area contributed by atoms with Crippen molar-refractivity contribution in [1.82, 2.24) is 4.98 Å². The highest BCUT2D eigenvalue weighted by Crippen LogP contribution is 2.18. The number of amidine groups is 1. The van der Waals surface area contributed by atoms with E-state index in [9.17, 15) is 18.0 Å². The minimum Gasteiger partial charge on any atom is -0.468 e. The highest BCUT2D eigenvalue weighted by molar-refractivity contribution is 6.04. The smallest absolute Gasteiger partial charge is 0.422 e. The molecule has 1 aromatic carbocycles. The molecule has 154 valence electrons. The Labute approximate surface area is 164 Å². The average Bonchev–Trinajstić information content (AvgIpc) is 3.11. The molecule has 3 N–H and O–H groups in total. The standard InChI is InChI=1S/C19H19F3N4O3/c20-19(21,22)11-29-16-8-4-13(9-24-16)17(27)25-14-5-1-12(2-6-14)3-7-15-10-28-18(23)26-15/h1-2,4-6,8-9,15H,3,7,10-11H2,(H2,23,26)(H,25,27)/t15-/m0/s1. The van der Waals surface area contributed by atoms with Gasteiger partial charge in [-0.25, -0.2) is 9.98 Å². The van der Waals surface area contributed by atoms with Gasteiger partial charge < -0.3 is 20.5 Å². The highest BCUT2D eigenvalue weighted by atomic mass is 19.4. The molecule has 10 heteroatoms. The third-order valence-electron chi connectivity index (χ3n) is 4.09. The van der Waals surface area contributed by atoms with Crippen LogP contribution in [0.4, 0.5) is 18.9 Å². The fourth-order valence-corrected chi connectivity index (χ4v) is 2.63. The molecule has 1 aliphatic heterocycles. The van der Waals surface area contributed by atoms with Gasteiger partial charge in [0.1, 0.15) is 6.61 Å². The van der Waals surface area contributed by atoms with Crippen LogP contribution in [0.2, 0.25) is 0 Å². The number of nitrogens with zero attached hydrogens (tertiary/aromatic N) is 2. The maximum atomic E-state index is 12.2. The van der Waals surface area contributed by atoms with Gasteiger partial charge in [0.25, 0.3) is 11.9 Å². The zero-order valence-corrected chi connectivity index (χ0v) is 15.3. The van der Waals surface area contributed by atoms with Gasteiger partial charge in [0.05, 0.1) is 11.6 Å². The number of benzene rings is 1. The second-order valence-electron chi connectivity index (χ2n) is 6.41. The molecule has 0 radical (unpaired) electrons. The van der Waals surface area contributed by atoms with Crippen LogP contribution in [0.5, 0.6) is 5.88 Å². The Morgan fingerprint density at radius 1 is 1.24 bits per heavy atom. The maximum absolute atomic E-state index is 12.2. The summed E-state index contributed by atoms with van der Waals surface area (Å²) < 4.78 is 46.0. The van der Waals surface area contributed by atoms with Crippen LogP contribution >= 0.6 is 0 Å². The Bertz CT molecular complexity index is 868. The van der Waals surface area contributed by atoms with Gasteiger partial charge in [0.2, 0.25) is 5.88 Å². The number of amides is 1. The molecule has 0 aliphatic carbocycles. The molecule has 3 rings (SSSR count). The van der Waals surface area contributed by atoms with Crippen molar-refractivity contribution >= 4 is 17.6 Å². The van der Waals surface area contributed by atoms with E-state index in [0.29, 0.717) is 12.3 Å². The first-order valence-electron chi connectivity index (χ1n) is 8.80. The van der Waals surface area contributed by atoms with E-state index in [2.05, 4.69) is 20.0 Å². The summed E-state index contributed by atoms with van der Waals surface area (Å²) in [5, 5.41) is 2.71. The van der Waals surface area contributed by atoms with Gasteiger partial charge in [-0.05, 0) is 36.6 Å². The Morgan fingerprint density at radius 3 is 2.59 bits per heavy atom. The number of carbonyl (C=O) groups is 1.